The van der Waals surface area contributed by atoms with Gasteiger partial charge in [0.05, 0.1) is 0 Å². The van der Waals surface area contributed by atoms with Crippen molar-refractivity contribution in [1.82, 2.24) is 21.3 Å². The predicted octanol–water partition coefficient (Wildman–Crippen LogP) is 3.06. The quantitative estimate of drug-likeness (QED) is 0.0585. The normalized spacial score (nSPS) is 13.0. The number of carbonyl (C=O) groups excluding carboxylic acids is 5. The number of carboxylic acids is 1. The van der Waals surface area contributed by atoms with E-state index in [0.717, 1.165) is 0 Å². The van der Waals surface area contributed by atoms with Crippen molar-refractivity contribution in [3.63, 3.8) is 0 Å². The summed E-state index contributed by atoms with van der Waals surface area (Å²) >= 11 is 1.48. The molecule has 53 heavy (non-hydrogen) atoms. The first-order chi connectivity index (χ1) is 25.6. The second kappa shape index (κ2) is 20.2. The number of phenolic OH excluding ortho intramolecular Hbond substituents is 1. The lowest BCUT2D eigenvalue weighted by atomic mass is 9.98. The first-order valence-electron chi connectivity index (χ1n) is 16.9. The molecule has 0 saturated heterocycles. The minimum Gasteiger partial charge on any atom is -0.508 e. The van der Waals surface area contributed by atoms with Crippen LogP contribution in [0.15, 0.2) is 109 Å². The molecule has 12 nitrogen and oxygen atoms in total. The Morgan fingerprint density at radius 2 is 1.04 bits per heavy atom. The molecule has 0 bridgehead atoms. The number of phenols is 1. The van der Waals surface area contributed by atoms with Crippen molar-refractivity contribution < 1.29 is 39.0 Å². The van der Waals surface area contributed by atoms with E-state index in [1.165, 1.54) is 23.9 Å². The van der Waals surface area contributed by atoms with Crippen LogP contribution in [0.1, 0.15) is 39.0 Å². The number of benzene rings is 4. The summed E-state index contributed by atoms with van der Waals surface area (Å²) < 4.78 is 0. The van der Waals surface area contributed by atoms with E-state index in [1.807, 2.05) is 12.3 Å². The lowest BCUT2D eigenvalue weighted by molar-refractivity contribution is -0.142. The molecule has 276 valence electrons. The second-order valence-corrected chi connectivity index (χ2v) is 13.3. The highest BCUT2D eigenvalue weighted by atomic mass is 32.2. The molecule has 0 unspecified atom stereocenters. The highest BCUT2D eigenvalue weighted by Gasteiger charge is 2.31. The van der Waals surface area contributed by atoms with E-state index in [9.17, 15) is 39.0 Å². The standard InChI is InChI=1S/C40H42N4O8S/c1-53-21-20-32(41-25-45)37(48)42-34(23-27-12-16-30(17-13-27)36(47)29-10-6-3-7-11-29)38(49)43-33(22-26-8-4-2-5-9-26)39(50)44-35(40(51)52)24-28-14-18-31(46)19-15-28/h2-19,25,32-35,46H,20-24H2,1H3,(H,41,45)(H,42,48)(H,43,49)(H,44,50)(H,51,52)/t32-,33-,34-,35-/m0/s1. The van der Waals surface area contributed by atoms with Crippen molar-refractivity contribution in [2.45, 2.75) is 49.9 Å². The minimum absolute atomic E-state index is 0.00394. The minimum atomic E-state index is -1.36. The summed E-state index contributed by atoms with van der Waals surface area (Å²) in [6.45, 7) is 0. The average molecular weight is 739 g/mol. The number of aliphatic carboxylic acids is 1. The van der Waals surface area contributed by atoms with Gasteiger partial charge in [0.25, 0.3) is 0 Å². The molecule has 4 aromatic rings. The molecule has 0 saturated carbocycles. The van der Waals surface area contributed by atoms with Gasteiger partial charge in [-0.15, -0.1) is 0 Å². The third-order valence-electron chi connectivity index (χ3n) is 8.43. The second-order valence-electron chi connectivity index (χ2n) is 12.3. The first kappa shape index (κ1) is 39.8. The summed E-state index contributed by atoms with van der Waals surface area (Å²) in [6, 6.07) is 25.3. The van der Waals surface area contributed by atoms with Gasteiger partial charge >= 0.3 is 5.97 Å². The van der Waals surface area contributed by atoms with E-state index in [4.69, 9.17) is 0 Å². The van der Waals surface area contributed by atoms with Gasteiger partial charge in [0.1, 0.15) is 29.9 Å². The highest BCUT2D eigenvalue weighted by molar-refractivity contribution is 7.98. The molecule has 0 aliphatic carbocycles. The molecule has 0 radical (unpaired) electrons. The first-order valence-corrected chi connectivity index (χ1v) is 18.3. The van der Waals surface area contributed by atoms with Crippen LogP contribution in [0.4, 0.5) is 0 Å². The number of hydrogen-bond acceptors (Lipinski definition) is 8. The van der Waals surface area contributed by atoms with Gasteiger partial charge < -0.3 is 31.5 Å². The molecule has 4 aromatic carbocycles. The van der Waals surface area contributed by atoms with Crippen LogP contribution in [-0.4, -0.2) is 82.3 Å². The molecule has 4 rings (SSSR count). The Balaban J connectivity index is 1.60. The highest BCUT2D eigenvalue weighted by Crippen LogP contribution is 2.15. The van der Waals surface area contributed by atoms with E-state index in [0.29, 0.717) is 46.4 Å². The van der Waals surface area contributed by atoms with Crippen molar-refractivity contribution in [2.24, 2.45) is 0 Å². The fourth-order valence-electron chi connectivity index (χ4n) is 5.55. The van der Waals surface area contributed by atoms with Crippen molar-refractivity contribution in [3.05, 3.63) is 137 Å². The Morgan fingerprint density at radius 3 is 1.55 bits per heavy atom. The number of nitrogens with one attached hydrogen (secondary N) is 4. The lowest BCUT2D eigenvalue weighted by Crippen LogP contribution is -2.58. The van der Waals surface area contributed by atoms with Crippen LogP contribution in [0, 0.1) is 0 Å². The number of carboxylic acid groups (broad SMARTS) is 1. The van der Waals surface area contributed by atoms with Crippen LogP contribution in [0.5, 0.6) is 5.75 Å². The zero-order valence-electron chi connectivity index (χ0n) is 29.1. The average Bonchev–Trinajstić information content (AvgIpc) is 3.17. The van der Waals surface area contributed by atoms with E-state index in [2.05, 4.69) is 21.3 Å². The van der Waals surface area contributed by atoms with Gasteiger partial charge in [0, 0.05) is 30.4 Å². The van der Waals surface area contributed by atoms with Crippen LogP contribution in [-0.2, 0) is 43.2 Å². The number of carbonyl (C=O) groups is 6. The topological polar surface area (TPSA) is 191 Å². The van der Waals surface area contributed by atoms with E-state index < -0.39 is 47.9 Å². The molecular weight excluding hydrogens is 697 g/mol. The van der Waals surface area contributed by atoms with Crippen LogP contribution in [0.25, 0.3) is 0 Å². The van der Waals surface area contributed by atoms with Gasteiger partial charge in [-0.3, -0.25) is 24.0 Å². The zero-order valence-corrected chi connectivity index (χ0v) is 29.9. The van der Waals surface area contributed by atoms with Crippen LogP contribution in [0.2, 0.25) is 0 Å². The molecule has 4 amide bonds. The van der Waals surface area contributed by atoms with Crippen LogP contribution >= 0.6 is 11.8 Å². The van der Waals surface area contributed by atoms with Gasteiger partial charge in [-0.05, 0) is 47.3 Å². The Kier molecular flexibility index (Phi) is 15.2. The van der Waals surface area contributed by atoms with Crippen molar-refractivity contribution in [1.29, 1.82) is 0 Å². The summed E-state index contributed by atoms with van der Waals surface area (Å²) in [4.78, 5) is 77.9. The third-order valence-corrected chi connectivity index (χ3v) is 9.07. The molecule has 0 aliphatic heterocycles. The molecular formula is C40H42N4O8S. The fourth-order valence-corrected chi connectivity index (χ4v) is 6.02. The van der Waals surface area contributed by atoms with Crippen molar-refractivity contribution in [2.75, 3.05) is 12.0 Å². The maximum Gasteiger partial charge on any atom is 0.326 e. The van der Waals surface area contributed by atoms with Gasteiger partial charge in [-0.1, -0.05) is 97.1 Å². The molecule has 13 heteroatoms. The SMILES string of the molecule is CSCC[C@H](NC=O)C(=O)N[C@@H](Cc1ccc(C(=O)c2ccccc2)cc1)C(=O)N[C@@H](Cc1ccccc1)C(=O)N[C@@H](Cc1ccc(O)cc1)C(=O)O. The number of rotatable bonds is 20. The van der Waals surface area contributed by atoms with E-state index in [1.54, 1.807) is 91.0 Å². The molecule has 6 N–H and O–H groups in total. The molecule has 0 aromatic heterocycles. The Labute approximate surface area is 311 Å². The number of thioether (sulfide) groups is 1. The van der Waals surface area contributed by atoms with E-state index >= 15 is 0 Å². The summed E-state index contributed by atoms with van der Waals surface area (Å²) in [5.74, 6) is -3.01. The zero-order chi connectivity index (χ0) is 38.2. The molecule has 0 fully saturated rings. The fraction of sp³-hybridized carbons (Fsp3) is 0.250. The number of ketones is 1. The van der Waals surface area contributed by atoms with Crippen molar-refractivity contribution in [3.8, 4) is 5.75 Å². The van der Waals surface area contributed by atoms with Crippen LogP contribution < -0.4 is 21.3 Å². The Morgan fingerprint density at radius 1 is 0.604 bits per heavy atom. The number of hydrogen-bond donors (Lipinski definition) is 6. The predicted molar refractivity (Wildman–Crippen MR) is 201 cm³/mol. The summed E-state index contributed by atoms with van der Waals surface area (Å²) in [5, 5.41) is 30.1. The smallest absolute Gasteiger partial charge is 0.326 e. The molecule has 4 atom stereocenters. The van der Waals surface area contributed by atoms with Crippen LogP contribution in [0.3, 0.4) is 0 Å². The Hall–Kier alpha value is -5.95. The van der Waals surface area contributed by atoms with Gasteiger partial charge in [-0.25, -0.2) is 4.79 Å². The maximum atomic E-state index is 14.1. The summed E-state index contributed by atoms with van der Waals surface area (Å²) in [5.41, 5.74) is 2.78. The molecule has 0 spiro atoms. The maximum absolute atomic E-state index is 14.1. The van der Waals surface area contributed by atoms with Gasteiger partial charge in [0.15, 0.2) is 5.78 Å². The molecule has 0 heterocycles. The van der Waals surface area contributed by atoms with Gasteiger partial charge in [-0.2, -0.15) is 11.8 Å². The van der Waals surface area contributed by atoms with Gasteiger partial charge in [0.2, 0.25) is 24.1 Å². The monoisotopic (exact) mass is 738 g/mol. The summed E-state index contributed by atoms with van der Waals surface area (Å²) in [6.07, 6.45) is 2.45. The molecule has 0 aliphatic rings. The summed E-state index contributed by atoms with van der Waals surface area (Å²) in [7, 11) is 0. The van der Waals surface area contributed by atoms with E-state index in [-0.39, 0.29) is 30.8 Å². The largest absolute Gasteiger partial charge is 0.508 e. The third kappa shape index (κ3) is 12.4. The number of aromatic hydroxyl groups is 1. The van der Waals surface area contributed by atoms with Crippen molar-refractivity contribution >= 4 is 47.6 Å². The number of amides is 4. The Bertz CT molecular complexity index is 1840. The lowest BCUT2D eigenvalue weighted by Gasteiger charge is -2.26.